The van der Waals surface area contributed by atoms with Crippen LogP contribution < -0.4 is 0 Å². The Labute approximate surface area is 109 Å². The Morgan fingerprint density at radius 2 is 2.06 bits per heavy atom. The standard InChI is InChI=1S/C12H12ClNO2S/c1-7-10(12(15)16-2)14-11(17-7)8-3-5-9(13)6-4-8/h3-7,10H,1-2H3/t7-,10+/m1/s1. The largest absolute Gasteiger partial charge is 0.467 e. The van der Waals surface area contributed by atoms with Crippen LogP contribution in [0.3, 0.4) is 0 Å². The Morgan fingerprint density at radius 3 is 2.65 bits per heavy atom. The first kappa shape index (κ1) is 12.5. The van der Waals surface area contributed by atoms with Crippen molar-refractivity contribution in [3.8, 4) is 0 Å². The van der Waals surface area contributed by atoms with Crippen LogP contribution in [0.1, 0.15) is 12.5 Å². The highest BCUT2D eigenvalue weighted by molar-refractivity contribution is 8.15. The van der Waals surface area contributed by atoms with Crippen molar-refractivity contribution in [2.75, 3.05) is 7.11 Å². The number of halogens is 1. The number of thioether (sulfide) groups is 1. The first-order chi connectivity index (χ1) is 8.11. The normalized spacial score (nSPS) is 23.4. The summed E-state index contributed by atoms with van der Waals surface area (Å²) in [5.41, 5.74) is 0.984. The van der Waals surface area contributed by atoms with Crippen molar-refractivity contribution in [1.29, 1.82) is 0 Å². The maximum Gasteiger partial charge on any atom is 0.331 e. The van der Waals surface area contributed by atoms with Gasteiger partial charge >= 0.3 is 5.97 Å². The lowest BCUT2D eigenvalue weighted by Gasteiger charge is -2.08. The fraction of sp³-hybridized carbons (Fsp3) is 0.333. The summed E-state index contributed by atoms with van der Waals surface area (Å²) in [5.74, 6) is -0.283. The van der Waals surface area contributed by atoms with Crippen molar-refractivity contribution >= 4 is 34.4 Å². The van der Waals surface area contributed by atoms with Crippen molar-refractivity contribution in [2.45, 2.75) is 18.2 Å². The van der Waals surface area contributed by atoms with Crippen molar-refractivity contribution in [2.24, 2.45) is 4.99 Å². The lowest BCUT2D eigenvalue weighted by molar-refractivity contribution is -0.141. The van der Waals surface area contributed by atoms with E-state index in [1.165, 1.54) is 7.11 Å². The second kappa shape index (κ2) is 5.10. The van der Waals surface area contributed by atoms with E-state index in [9.17, 15) is 4.79 Å². The lowest BCUT2D eigenvalue weighted by atomic mass is 10.2. The number of carbonyl (C=O) groups is 1. The Bertz CT molecular complexity index is 458. The van der Waals surface area contributed by atoms with E-state index in [0.717, 1.165) is 10.6 Å². The van der Waals surface area contributed by atoms with Gasteiger partial charge in [0.1, 0.15) is 0 Å². The third kappa shape index (κ3) is 2.64. The molecule has 17 heavy (non-hydrogen) atoms. The number of hydrogen-bond acceptors (Lipinski definition) is 4. The highest BCUT2D eigenvalue weighted by Gasteiger charge is 2.33. The van der Waals surface area contributed by atoms with E-state index < -0.39 is 6.04 Å². The van der Waals surface area contributed by atoms with Gasteiger partial charge in [-0.3, -0.25) is 4.99 Å². The molecule has 3 nitrogen and oxygen atoms in total. The van der Waals surface area contributed by atoms with Crippen molar-refractivity contribution in [3.05, 3.63) is 34.9 Å². The summed E-state index contributed by atoms with van der Waals surface area (Å²) in [7, 11) is 1.38. The second-order valence-corrected chi connectivity index (χ2v) is 5.53. The lowest BCUT2D eigenvalue weighted by Crippen LogP contribution is -2.26. The first-order valence-electron chi connectivity index (χ1n) is 5.20. The molecule has 0 spiro atoms. The predicted molar refractivity (Wildman–Crippen MR) is 70.8 cm³/mol. The zero-order chi connectivity index (χ0) is 12.4. The molecule has 5 heteroatoms. The summed E-state index contributed by atoms with van der Waals surface area (Å²) in [6, 6.07) is 7.03. The second-order valence-electron chi connectivity index (χ2n) is 3.73. The molecule has 90 valence electrons. The predicted octanol–water partition coefficient (Wildman–Crippen LogP) is 2.76. The van der Waals surface area contributed by atoms with E-state index in [0.29, 0.717) is 5.02 Å². The molecule has 0 saturated carbocycles. The summed E-state index contributed by atoms with van der Waals surface area (Å²) in [5, 5.41) is 1.66. The van der Waals surface area contributed by atoms with Gasteiger partial charge in [0.05, 0.1) is 12.2 Å². The average molecular weight is 270 g/mol. The molecule has 1 aliphatic rings. The number of benzene rings is 1. The SMILES string of the molecule is COC(=O)[C@H]1N=C(c2ccc(Cl)cc2)S[C@@H]1C. The molecule has 1 aliphatic heterocycles. The Kier molecular flexibility index (Phi) is 3.74. The quantitative estimate of drug-likeness (QED) is 0.775. The number of nitrogens with zero attached hydrogens (tertiary/aromatic N) is 1. The molecular weight excluding hydrogens is 258 g/mol. The zero-order valence-electron chi connectivity index (χ0n) is 9.51. The van der Waals surface area contributed by atoms with E-state index in [1.54, 1.807) is 11.8 Å². The highest BCUT2D eigenvalue weighted by Crippen LogP contribution is 2.31. The smallest absolute Gasteiger partial charge is 0.331 e. The van der Waals surface area contributed by atoms with Crippen LogP contribution in [-0.4, -0.2) is 29.4 Å². The van der Waals surface area contributed by atoms with Gasteiger partial charge in [-0.15, -0.1) is 11.8 Å². The molecule has 0 radical (unpaired) electrons. The molecule has 1 heterocycles. The Hall–Kier alpha value is -1.000. The number of methoxy groups -OCH3 is 1. The van der Waals surface area contributed by atoms with Gasteiger partial charge in [-0.25, -0.2) is 4.79 Å². The average Bonchev–Trinajstić information content (AvgIpc) is 2.71. The molecule has 0 amide bonds. The van der Waals surface area contributed by atoms with Gasteiger partial charge in [-0.05, 0) is 12.1 Å². The van der Waals surface area contributed by atoms with Crippen molar-refractivity contribution < 1.29 is 9.53 Å². The van der Waals surface area contributed by atoms with Crippen molar-refractivity contribution in [1.82, 2.24) is 0 Å². The van der Waals surface area contributed by atoms with Crippen LogP contribution in [0.5, 0.6) is 0 Å². The number of esters is 1. The summed E-state index contributed by atoms with van der Waals surface area (Å²) in [6.45, 7) is 1.97. The summed E-state index contributed by atoms with van der Waals surface area (Å²) < 4.78 is 4.73. The third-order valence-corrected chi connectivity index (χ3v) is 3.98. The van der Waals surface area contributed by atoms with E-state index >= 15 is 0 Å². The molecule has 0 bridgehead atoms. The number of rotatable bonds is 2. The molecule has 0 N–H and O–H groups in total. The molecule has 0 unspecified atom stereocenters. The van der Waals surface area contributed by atoms with Gasteiger partial charge in [-0.1, -0.05) is 30.7 Å². The molecule has 2 atom stereocenters. The molecule has 0 saturated heterocycles. The van der Waals surface area contributed by atoms with Crippen LogP contribution >= 0.6 is 23.4 Å². The Morgan fingerprint density at radius 1 is 1.41 bits per heavy atom. The minimum atomic E-state index is -0.407. The molecule has 1 aromatic carbocycles. The van der Waals surface area contributed by atoms with Crippen LogP contribution in [-0.2, 0) is 9.53 Å². The molecule has 0 fully saturated rings. The Balaban J connectivity index is 2.23. The molecule has 0 aliphatic carbocycles. The number of aliphatic imine (C=N–C) groups is 1. The van der Waals surface area contributed by atoms with Crippen molar-refractivity contribution in [3.63, 3.8) is 0 Å². The van der Waals surface area contributed by atoms with Gasteiger partial charge in [0.2, 0.25) is 0 Å². The van der Waals surface area contributed by atoms with Gasteiger partial charge in [0.25, 0.3) is 0 Å². The van der Waals surface area contributed by atoms with Gasteiger partial charge in [0, 0.05) is 15.8 Å². The van der Waals surface area contributed by atoms with Gasteiger partial charge in [-0.2, -0.15) is 0 Å². The highest BCUT2D eigenvalue weighted by atomic mass is 35.5. The molecule has 0 aromatic heterocycles. The van der Waals surface area contributed by atoms with E-state index in [1.807, 2.05) is 31.2 Å². The number of carbonyl (C=O) groups excluding carboxylic acids is 1. The number of ether oxygens (including phenoxy) is 1. The third-order valence-electron chi connectivity index (χ3n) is 2.53. The van der Waals surface area contributed by atoms with Crippen LogP contribution in [0.4, 0.5) is 0 Å². The number of hydrogen-bond donors (Lipinski definition) is 0. The maximum absolute atomic E-state index is 11.5. The van der Waals surface area contributed by atoms with Gasteiger partial charge in [0.15, 0.2) is 6.04 Å². The fourth-order valence-corrected chi connectivity index (χ4v) is 2.83. The van der Waals surface area contributed by atoms with Crippen LogP contribution in [0.25, 0.3) is 0 Å². The minimum Gasteiger partial charge on any atom is -0.467 e. The van der Waals surface area contributed by atoms with Crippen LogP contribution in [0, 0.1) is 0 Å². The topological polar surface area (TPSA) is 38.7 Å². The van der Waals surface area contributed by atoms with E-state index in [4.69, 9.17) is 16.3 Å². The summed E-state index contributed by atoms with van der Waals surface area (Å²) in [4.78, 5) is 15.9. The monoisotopic (exact) mass is 269 g/mol. The van der Waals surface area contributed by atoms with E-state index in [-0.39, 0.29) is 11.2 Å². The maximum atomic E-state index is 11.5. The fourth-order valence-electron chi connectivity index (χ4n) is 1.60. The minimum absolute atomic E-state index is 0.105. The molecular formula is C12H12ClNO2S. The molecule has 1 aromatic rings. The summed E-state index contributed by atoms with van der Waals surface area (Å²) >= 11 is 7.41. The van der Waals surface area contributed by atoms with Gasteiger partial charge < -0.3 is 4.74 Å². The molecule has 2 rings (SSSR count). The van der Waals surface area contributed by atoms with Crippen LogP contribution in [0.15, 0.2) is 29.3 Å². The van der Waals surface area contributed by atoms with Crippen LogP contribution in [0.2, 0.25) is 5.02 Å². The summed E-state index contributed by atoms with van der Waals surface area (Å²) in [6.07, 6.45) is 0. The zero-order valence-corrected chi connectivity index (χ0v) is 11.1. The first-order valence-corrected chi connectivity index (χ1v) is 6.46. The van der Waals surface area contributed by atoms with E-state index in [2.05, 4.69) is 4.99 Å².